The number of guanidine groups is 1. The van der Waals surface area contributed by atoms with Crippen LogP contribution in [0.4, 0.5) is 5.69 Å². The predicted octanol–water partition coefficient (Wildman–Crippen LogP) is 3.11. The summed E-state index contributed by atoms with van der Waals surface area (Å²) in [5.74, 6) is 1.49. The summed E-state index contributed by atoms with van der Waals surface area (Å²) in [6.45, 7) is 11.5. The topological polar surface area (TPSA) is 57.7 Å². The largest absolute Gasteiger partial charge is 0.385 e. The van der Waals surface area contributed by atoms with Crippen LogP contribution in [-0.2, 0) is 4.74 Å². The van der Waals surface area contributed by atoms with Crippen LogP contribution in [-0.4, -0.2) is 45.4 Å². The molecule has 0 unspecified atom stereocenters. The lowest BCUT2D eigenvalue weighted by Gasteiger charge is -2.12. The molecule has 0 heterocycles. The van der Waals surface area contributed by atoms with Crippen LogP contribution in [0.2, 0.25) is 0 Å². The zero-order chi connectivity index (χ0) is 17.5. The maximum atomic E-state index is 5.58. The summed E-state index contributed by atoms with van der Waals surface area (Å²) in [7, 11) is 0. The maximum Gasteiger partial charge on any atom is 0.191 e. The fraction of sp³-hybridized carbons (Fsp3) is 0.632. The molecule has 5 heteroatoms. The third-order valence-corrected chi connectivity index (χ3v) is 3.26. The molecular formula is C19H34N4O. The first-order valence-electron chi connectivity index (χ1n) is 9.11. The zero-order valence-electron chi connectivity index (χ0n) is 15.5. The minimum Gasteiger partial charge on any atom is -0.385 e. The average molecular weight is 335 g/mol. The van der Waals surface area contributed by atoms with Crippen molar-refractivity contribution in [3.63, 3.8) is 0 Å². The molecule has 1 rings (SSSR count). The number of anilines is 1. The Balaban J connectivity index is 2.12. The molecule has 0 aliphatic carbocycles. The quantitative estimate of drug-likeness (QED) is 0.312. The van der Waals surface area contributed by atoms with Crippen LogP contribution >= 0.6 is 0 Å². The van der Waals surface area contributed by atoms with Gasteiger partial charge in [-0.15, -0.1) is 0 Å². The number of aliphatic imine (C=N–C) groups is 1. The average Bonchev–Trinajstić information content (AvgIpc) is 2.58. The molecule has 5 nitrogen and oxygen atoms in total. The van der Waals surface area contributed by atoms with E-state index < -0.39 is 0 Å². The van der Waals surface area contributed by atoms with E-state index in [2.05, 4.69) is 53.8 Å². The van der Waals surface area contributed by atoms with E-state index in [0.717, 1.165) is 63.9 Å². The van der Waals surface area contributed by atoms with E-state index in [0.29, 0.717) is 5.92 Å². The SMILES string of the molecule is CCNC(=NCCCNc1ccccc1)NCCCOCC(C)C. The van der Waals surface area contributed by atoms with Gasteiger partial charge in [0.05, 0.1) is 0 Å². The predicted molar refractivity (Wildman–Crippen MR) is 104 cm³/mol. The van der Waals surface area contributed by atoms with E-state index in [1.807, 2.05) is 18.2 Å². The number of para-hydroxylation sites is 1. The normalized spacial score (nSPS) is 11.6. The van der Waals surface area contributed by atoms with Crippen molar-refractivity contribution in [2.45, 2.75) is 33.6 Å². The Morgan fingerprint density at radius 2 is 1.88 bits per heavy atom. The Morgan fingerprint density at radius 3 is 2.58 bits per heavy atom. The van der Waals surface area contributed by atoms with Crippen LogP contribution in [0.5, 0.6) is 0 Å². The Hall–Kier alpha value is -1.75. The summed E-state index contributed by atoms with van der Waals surface area (Å²) in [6.07, 6.45) is 2.00. The molecule has 0 spiro atoms. The molecule has 0 amide bonds. The first-order chi connectivity index (χ1) is 11.7. The summed E-state index contributed by atoms with van der Waals surface area (Å²) in [5, 5.41) is 10.0. The van der Waals surface area contributed by atoms with Gasteiger partial charge in [-0.3, -0.25) is 4.99 Å². The number of ether oxygens (including phenoxy) is 1. The molecule has 24 heavy (non-hydrogen) atoms. The van der Waals surface area contributed by atoms with Gasteiger partial charge in [-0.05, 0) is 37.8 Å². The lowest BCUT2D eigenvalue weighted by molar-refractivity contribution is 0.108. The molecule has 0 aliphatic heterocycles. The van der Waals surface area contributed by atoms with Crippen molar-refractivity contribution in [2.24, 2.45) is 10.9 Å². The van der Waals surface area contributed by atoms with Crippen molar-refractivity contribution in [1.29, 1.82) is 0 Å². The summed E-state index contributed by atoms with van der Waals surface area (Å²) >= 11 is 0. The van der Waals surface area contributed by atoms with Gasteiger partial charge in [0.1, 0.15) is 0 Å². The Kier molecular flexibility index (Phi) is 11.6. The van der Waals surface area contributed by atoms with Crippen molar-refractivity contribution >= 4 is 11.6 Å². The number of hydrogen-bond donors (Lipinski definition) is 3. The fourth-order valence-corrected chi connectivity index (χ4v) is 2.10. The summed E-state index contributed by atoms with van der Waals surface area (Å²) < 4.78 is 5.58. The lowest BCUT2D eigenvalue weighted by atomic mass is 10.2. The molecule has 0 bridgehead atoms. The van der Waals surface area contributed by atoms with Crippen LogP contribution < -0.4 is 16.0 Å². The smallest absolute Gasteiger partial charge is 0.191 e. The molecule has 1 aromatic rings. The maximum absolute atomic E-state index is 5.58. The van der Waals surface area contributed by atoms with E-state index in [9.17, 15) is 0 Å². The van der Waals surface area contributed by atoms with Gasteiger partial charge < -0.3 is 20.7 Å². The second-order valence-corrected chi connectivity index (χ2v) is 6.16. The zero-order valence-corrected chi connectivity index (χ0v) is 15.5. The molecule has 1 aromatic carbocycles. The van der Waals surface area contributed by atoms with Crippen LogP contribution in [0, 0.1) is 5.92 Å². The van der Waals surface area contributed by atoms with Crippen molar-refractivity contribution < 1.29 is 4.74 Å². The summed E-state index contributed by atoms with van der Waals surface area (Å²) in [4.78, 5) is 4.60. The van der Waals surface area contributed by atoms with Crippen molar-refractivity contribution in [1.82, 2.24) is 10.6 Å². The summed E-state index contributed by atoms with van der Waals surface area (Å²) in [5.41, 5.74) is 1.16. The van der Waals surface area contributed by atoms with Crippen molar-refractivity contribution in [3.8, 4) is 0 Å². The molecular weight excluding hydrogens is 300 g/mol. The van der Waals surface area contributed by atoms with Gasteiger partial charge in [-0.25, -0.2) is 0 Å². The van der Waals surface area contributed by atoms with Crippen LogP contribution in [0.15, 0.2) is 35.3 Å². The van der Waals surface area contributed by atoms with E-state index in [4.69, 9.17) is 4.74 Å². The standard InChI is InChI=1S/C19H34N4O/c1-4-20-19(23-14-9-15-24-16-17(2)3)22-13-8-12-21-18-10-6-5-7-11-18/h5-7,10-11,17,21H,4,8-9,12-16H2,1-3H3,(H2,20,22,23). The first-order valence-corrected chi connectivity index (χ1v) is 9.11. The van der Waals surface area contributed by atoms with Crippen LogP contribution in [0.1, 0.15) is 33.6 Å². The molecule has 0 aromatic heterocycles. The monoisotopic (exact) mass is 334 g/mol. The van der Waals surface area contributed by atoms with Crippen molar-refractivity contribution in [2.75, 3.05) is 44.7 Å². The van der Waals surface area contributed by atoms with Gasteiger partial charge in [0, 0.05) is 45.1 Å². The highest BCUT2D eigenvalue weighted by Crippen LogP contribution is 2.04. The van der Waals surface area contributed by atoms with Crippen molar-refractivity contribution in [3.05, 3.63) is 30.3 Å². The molecule has 0 saturated heterocycles. The third-order valence-electron chi connectivity index (χ3n) is 3.26. The Morgan fingerprint density at radius 1 is 1.08 bits per heavy atom. The minimum atomic E-state index is 0.598. The fourth-order valence-electron chi connectivity index (χ4n) is 2.10. The number of nitrogens with one attached hydrogen (secondary N) is 3. The molecule has 136 valence electrons. The highest BCUT2D eigenvalue weighted by molar-refractivity contribution is 5.79. The number of benzene rings is 1. The van der Waals surface area contributed by atoms with E-state index in [1.54, 1.807) is 0 Å². The third kappa shape index (κ3) is 10.9. The molecule has 0 radical (unpaired) electrons. The number of hydrogen-bond acceptors (Lipinski definition) is 3. The molecule has 3 N–H and O–H groups in total. The van der Waals surface area contributed by atoms with Crippen LogP contribution in [0.3, 0.4) is 0 Å². The van der Waals surface area contributed by atoms with Gasteiger partial charge >= 0.3 is 0 Å². The summed E-state index contributed by atoms with van der Waals surface area (Å²) in [6, 6.07) is 10.3. The van der Waals surface area contributed by atoms with Gasteiger partial charge in [0.15, 0.2) is 5.96 Å². The molecule has 0 atom stereocenters. The Bertz CT molecular complexity index is 434. The van der Waals surface area contributed by atoms with E-state index in [1.165, 1.54) is 0 Å². The van der Waals surface area contributed by atoms with Crippen LogP contribution in [0.25, 0.3) is 0 Å². The molecule has 0 aliphatic rings. The minimum absolute atomic E-state index is 0.598. The van der Waals surface area contributed by atoms with E-state index in [-0.39, 0.29) is 0 Å². The van der Waals surface area contributed by atoms with Gasteiger partial charge in [0.2, 0.25) is 0 Å². The highest BCUT2D eigenvalue weighted by atomic mass is 16.5. The Labute approximate surface area is 147 Å². The van der Waals surface area contributed by atoms with E-state index >= 15 is 0 Å². The second-order valence-electron chi connectivity index (χ2n) is 6.16. The second kappa shape index (κ2) is 13.7. The van der Waals surface area contributed by atoms with Gasteiger partial charge in [-0.2, -0.15) is 0 Å². The lowest BCUT2D eigenvalue weighted by Crippen LogP contribution is -2.38. The highest BCUT2D eigenvalue weighted by Gasteiger charge is 1.98. The molecule has 0 saturated carbocycles. The number of nitrogens with zero attached hydrogens (tertiary/aromatic N) is 1. The number of rotatable bonds is 12. The first kappa shape index (κ1) is 20.3. The van der Waals surface area contributed by atoms with Gasteiger partial charge in [0.25, 0.3) is 0 Å². The van der Waals surface area contributed by atoms with Gasteiger partial charge in [-0.1, -0.05) is 32.0 Å². The molecule has 0 fully saturated rings.